The van der Waals surface area contributed by atoms with Crippen LogP contribution in [0.3, 0.4) is 0 Å². The molecule has 0 atom stereocenters. The number of hydrogen-bond donors (Lipinski definition) is 3. The Labute approximate surface area is 84.3 Å². The molecule has 1 rings (SSSR count). The van der Waals surface area contributed by atoms with Crippen molar-refractivity contribution in [1.82, 2.24) is 5.32 Å². The van der Waals surface area contributed by atoms with Gasteiger partial charge < -0.3 is 15.4 Å². The quantitative estimate of drug-likeness (QED) is 0.579. The van der Waals surface area contributed by atoms with E-state index < -0.39 is 7.12 Å². The number of benzene rings is 1. The molecule has 3 N–H and O–H groups in total. The van der Waals surface area contributed by atoms with Crippen molar-refractivity contribution >= 4 is 25.0 Å². The van der Waals surface area contributed by atoms with E-state index in [1.165, 1.54) is 0 Å². The van der Waals surface area contributed by atoms with E-state index in [9.17, 15) is 0 Å². The van der Waals surface area contributed by atoms with E-state index in [4.69, 9.17) is 10.0 Å². The van der Waals surface area contributed by atoms with Crippen molar-refractivity contribution < 1.29 is 10.0 Å². The Balaban J connectivity index is 0.00000144. The fourth-order valence-electron chi connectivity index (χ4n) is 1.01. The third-order valence-electron chi connectivity index (χ3n) is 1.66. The van der Waals surface area contributed by atoms with Crippen LogP contribution < -0.4 is 10.8 Å². The topological polar surface area (TPSA) is 52.5 Å². The molecule has 3 nitrogen and oxygen atoms in total. The van der Waals surface area contributed by atoms with Gasteiger partial charge in [0, 0.05) is 6.54 Å². The molecule has 0 amide bonds. The molecule has 0 saturated carbocycles. The van der Waals surface area contributed by atoms with E-state index in [1.54, 1.807) is 12.1 Å². The van der Waals surface area contributed by atoms with Gasteiger partial charge in [-0.05, 0) is 18.1 Å². The van der Waals surface area contributed by atoms with Crippen molar-refractivity contribution in [1.29, 1.82) is 0 Å². The van der Waals surface area contributed by atoms with Crippen molar-refractivity contribution in [2.45, 2.75) is 6.54 Å². The first-order valence-electron chi connectivity index (χ1n) is 3.83. The number of halogens is 1. The van der Waals surface area contributed by atoms with Gasteiger partial charge in [-0.25, -0.2) is 0 Å². The lowest BCUT2D eigenvalue weighted by Gasteiger charge is -2.01. The van der Waals surface area contributed by atoms with Gasteiger partial charge in [-0.1, -0.05) is 24.3 Å². The number of nitrogens with one attached hydrogen (secondary N) is 1. The molecular formula is C8H13BClNO2. The standard InChI is InChI=1S/C8H12BNO2.ClH/c1-10-6-7-2-4-8(5-3-7)9(11)12;/h2-5,10-12H,6H2,1H3;1H. The van der Waals surface area contributed by atoms with E-state index in [0.29, 0.717) is 5.46 Å². The smallest absolute Gasteiger partial charge is 0.423 e. The van der Waals surface area contributed by atoms with Gasteiger partial charge >= 0.3 is 7.12 Å². The van der Waals surface area contributed by atoms with Crippen molar-refractivity contribution in [3.05, 3.63) is 29.8 Å². The maximum Gasteiger partial charge on any atom is 0.488 e. The first-order chi connectivity index (χ1) is 5.74. The largest absolute Gasteiger partial charge is 0.488 e. The van der Waals surface area contributed by atoms with Gasteiger partial charge in [0.25, 0.3) is 0 Å². The van der Waals surface area contributed by atoms with Crippen molar-refractivity contribution in [2.24, 2.45) is 0 Å². The van der Waals surface area contributed by atoms with E-state index in [0.717, 1.165) is 12.1 Å². The molecule has 0 saturated heterocycles. The minimum Gasteiger partial charge on any atom is -0.423 e. The van der Waals surface area contributed by atoms with E-state index in [1.807, 2.05) is 19.2 Å². The molecule has 1 aromatic carbocycles. The van der Waals surface area contributed by atoms with E-state index in [2.05, 4.69) is 5.32 Å². The van der Waals surface area contributed by atoms with Gasteiger partial charge in [-0.15, -0.1) is 12.4 Å². The summed E-state index contributed by atoms with van der Waals surface area (Å²) in [7, 11) is 0.503. The lowest BCUT2D eigenvalue weighted by molar-refractivity contribution is 0.426. The van der Waals surface area contributed by atoms with Gasteiger partial charge in [-0.3, -0.25) is 0 Å². The highest BCUT2D eigenvalue weighted by atomic mass is 35.5. The fraction of sp³-hybridized carbons (Fsp3) is 0.250. The second-order valence-electron chi connectivity index (χ2n) is 2.65. The summed E-state index contributed by atoms with van der Waals surface area (Å²) in [4.78, 5) is 0. The molecule has 13 heavy (non-hydrogen) atoms. The monoisotopic (exact) mass is 201 g/mol. The molecule has 5 heteroatoms. The Bertz CT molecular complexity index is 240. The predicted molar refractivity (Wildman–Crippen MR) is 56.3 cm³/mol. The van der Waals surface area contributed by atoms with Crippen LogP contribution in [0.4, 0.5) is 0 Å². The molecule has 0 aliphatic heterocycles. The lowest BCUT2D eigenvalue weighted by Crippen LogP contribution is -2.29. The van der Waals surface area contributed by atoms with Gasteiger partial charge in [-0.2, -0.15) is 0 Å². The van der Waals surface area contributed by atoms with Crippen LogP contribution in [0.2, 0.25) is 0 Å². The zero-order valence-corrected chi connectivity index (χ0v) is 8.21. The van der Waals surface area contributed by atoms with Crippen LogP contribution in [0.1, 0.15) is 5.56 Å². The summed E-state index contributed by atoms with van der Waals surface area (Å²) in [5.41, 5.74) is 1.65. The van der Waals surface area contributed by atoms with E-state index >= 15 is 0 Å². The molecule has 0 bridgehead atoms. The number of rotatable bonds is 3. The highest BCUT2D eigenvalue weighted by Crippen LogP contribution is 1.95. The zero-order chi connectivity index (χ0) is 8.97. The fourth-order valence-corrected chi connectivity index (χ4v) is 1.01. The minimum atomic E-state index is -1.37. The Morgan fingerprint density at radius 3 is 2.15 bits per heavy atom. The normalized spacial score (nSPS) is 9.15. The Morgan fingerprint density at radius 2 is 1.77 bits per heavy atom. The molecule has 1 aromatic rings. The summed E-state index contributed by atoms with van der Waals surface area (Å²) in [6, 6.07) is 7.14. The first-order valence-corrected chi connectivity index (χ1v) is 3.83. The molecular weight excluding hydrogens is 188 g/mol. The molecule has 0 heterocycles. The SMILES string of the molecule is CNCc1ccc(B(O)O)cc1.Cl. The third kappa shape index (κ3) is 3.78. The van der Waals surface area contributed by atoms with Gasteiger partial charge in [0.2, 0.25) is 0 Å². The molecule has 0 aliphatic carbocycles. The Kier molecular flexibility index (Phi) is 5.74. The second-order valence-corrected chi connectivity index (χ2v) is 2.65. The van der Waals surface area contributed by atoms with E-state index in [-0.39, 0.29) is 12.4 Å². The summed E-state index contributed by atoms with van der Waals surface area (Å²) in [6.07, 6.45) is 0. The summed E-state index contributed by atoms with van der Waals surface area (Å²) >= 11 is 0. The first kappa shape index (κ1) is 12.5. The molecule has 0 radical (unpaired) electrons. The van der Waals surface area contributed by atoms with Crippen LogP contribution in [-0.4, -0.2) is 24.2 Å². The average molecular weight is 201 g/mol. The maximum absolute atomic E-state index is 8.78. The molecule has 72 valence electrons. The third-order valence-corrected chi connectivity index (χ3v) is 1.66. The zero-order valence-electron chi connectivity index (χ0n) is 7.40. The van der Waals surface area contributed by atoms with Crippen LogP contribution in [0.15, 0.2) is 24.3 Å². The summed E-state index contributed by atoms with van der Waals surface area (Å²) in [5.74, 6) is 0. The Hall–Kier alpha value is -0.545. The van der Waals surface area contributed by atoms with Gasteiger partial charge in [0.05, 0.1) is 0 Å². The average Bonchev–Trinajstić information content (AvgIpc) is 2.06. The van der Waals surface area contributed by atoms with Crippen LogP contribution in [0.25, 0.3) is 0 Å². The second kappa shape index (κ2) is 5.99. The highest BCUT2D eigenvalue weighted by Gasteiger charge is 2.08. The van der Waals surface area contributed by atoms with Crippen molar-refractivity contribution in [3.8, 4) is 0 Å². The minimum absolute atomic E-state index is 0. The number of hydrogen-bond acceptors (Lipinski definition) is 3. The van der Waals surface area contributed by atoms with Crippen molar-refractivity contribution in [3.63, 3.8) is 0 Å². The molecule has 0 unspecified atom stereocenters. The summed E-state index contributed by atoms with van der Waals surface area (Å²) in [6.45, 7) is 0.793. The maximum atomic E-state index is 8.78. The summed E-state index contributed by atoms with van der Waals surface area (Å²) in [5, 5.41) is 20.6. The van der Waals surface area contributed by atoms with Crippen LogP contribution in [0, 0.1) is 0 Å². The van der Waals surface area contributed by atoms with Crippen LogP contribution in [-0.2, 0) is 6.54 Å². The molecule has 0 fully saturated rings. The van der Waals surface area contributed by atoms with Crippen molar-refractivity contribution in [2.75, 3.05) is 7.05 Å². The van der Waals surface area contributed by atoms with Crippen LogP contribution in [0.5, 0.6) is 0 Å². The molecule has 0 aliphatic rings. The highest BCUT2D eigenvalue weighted by molar-refractivity contribution is 6.58. The lowest BCUT2D eigenvalue weighted by atomic mass is 9.80. The van der Waals surface area contributed by atoms with Crippen LogP contribution >= 0.6 is 12.4 Å². The molecule has 0 aromatic heterocycles. The predicted octanol–water partition coefficient (Wildman–Crippen LogP) is -0.492. The van der Waals surface area contributed by atoms with Gasteiger partial charge in [0.15, 0.2) is 0 Å². The molecule has 0 spiro atoms. The van der Waals surface area contributed by atoms with Gasteiger partial charge in [0.1, 0.15) is 0 Å². The summed E-state index contributed by atoms with van der Waals surface area (Å²) < 4.78 is 0. The Morgan fingerprint density at radius 1 is 1.23 bits per heavy atom.